The summed E-state index contributed by atoms with van der Waals surface area (Å²) >= 11 is 0. The maximum atomic E-state index is 11.1. The second kappa shape index (κ2) is 4.53. The van der Waals surface area contributed by atoms with E-state index >= 15 is 0 Å². The minimum Gasteiger partial charge on any atom is -0.273 e. The lowest BCUT2D eigenvalue weighted by Crippen LogP contribution is -2.36. The molecule has 0 radical (unpaired) electrons. The van der Waals surface area contributed by atoms with E-state index < -0.39 is 10.3 Å². The number of hydrogen-bond donors (Lipinski definition) is 1. The van der Waals surface area contributed by atoms with Gasteiger partial charge in [0.1, 0.15) is 0 Å². The average molecular weight is 241 g/mol. The molecule has 16 heavy (non-hydrogen) atoms. The predicted octanol–water partition coefficient (Wildman–Crippen LogP) is 1.50. The first-order valence-corrected chi connectivity index (χ1v) is 6.75. The van der Waals surface area contributed by atoms with Crippen molar-refractivity contribution in [2.24, 2.45) is 0 Å². The van der Waals surface area contributed by atoms with E-state index in [1.807, 2.05) is 30.3 Å². The van der Waals surface area contributed by atoms with Gasteiger partial charge in [0.05, 0.1) is 0 Å². The molecular formula is C11H15NO3S. The summed E-state index contributed by atoms with van der Waals surface area (Å²) in [5.74, 6) is 0. The number of nitrogens with zero attached hydrogens (tertiary/aromatic N) is 1. The molecule has 0 saturated carbocycles. The van der Waals surface area contributed by atoms with Gasteiger partial charge in [0.2, 0.25) is 0 Å². The Morgan fingerprint density at radius 3 is 2.62 bits per heavy atom. The van der Waals surface area contributed by atoms with Crippen LogP contribution < -0.4 is 0 Å². The number of rotatable bonds is 3. The van der Waals surface area contributed by atoms with Crippen molar-refractivity contribution < 1.29 is 13.0 Å². The Morgan fingerprint density at radius 1 is 1.31 bits per heavy atom. The van der Waals surface area contributed by atoms with Crippen LogP contribution >= 0.6 is 0 Å². The van der Waals surface area contributed by atoms with Gasteiger partial charge >= 0.3 is 10.3 Å². The Morgan fingerprint density at radius 2 is 2.00 bits per heavy atom. The largest absolute Gasteiger partial charge is 0.336 e. The molecule has 0 aliphatic carbocycles. The van der Waals surface area contributed by atoms with Crippen LogP contribution in [0.15, 0.2) is 30.3 Å². The van der Waals surface area contributed by atoms with Crippen molar-refractivity contribution in [3.8, 4) is 0 Å². The molecule has 0 bridgehead atoms. The van der Waals surface area contributed by atoms with E-state index in [2.05, 4.69) is 0 Å². The van der Waals surface area contributed by atoms with E-state index in [0.29, 0.717) is 13.0 Å². The average Bonchev–Trinajstić information content (AvgIpc) is 2.67. The predicted molar refractivity (Wildman–Crippen MR) is 61.4 cm³/mol. The van der Waals surface area contributed by atoms with Crippen molar-refractivity contribution in [2.75, 3.05) is 6.54 Å². The van der Waals surface area contributed by atoms with Crippen molar-refractivity contribution in [1.29, 1.82) is 0 Å². The zero-order valence-corrected chi connectivity index (χ0v) is 9.73. The van der Waals surface area contributed by atoms with Crippen LogP contribution in [-0.2, 0) is 16.7 Å². The molecule has 1 atom stereocenters. The van der Waals surface area contributed by atoms with Crippen LogP contribution in [0.5, 0.6) is 0 Å². The Balaban J connectivity index is 2.11. The van der Waals surface area contributed by atoms with Crippen molar-refractivity contribution in [3.63, 3.8) is 0 Å². The van der Waals surface area contributed by atoms with Gasteiger partial charge in [0.15, 0.2) is 0 Å². The summed E-state index contributed by atoms with van der Waals surface area (Å²) in [6, 6.07) is 9.64. The molecule has 1 aliphatic rings. The summed E-state index contributed by atoms with van der Waals surface area (Å²) < 4.78 is 32.5. The first-order valence-electron chi connectivity index (χ1n) is 5.35. The molecular weight excluding hydrogens is 226 g/mol. The fraction of sp³-hybridized carbons (Fsp3) is 0.455. The molecule has 1 aliphatic heterocycles. The van der Waals surface area contributed by atoms with Crippen LogP contribution in [0.4, 0.5) is 0 Å². The van der Waals surface area contributed by atoms with Crippen molar-refractivity contribution in [3.05, 3.63) is 35.9 Å². The van der Waals surface area contributed by atoms with Gasteiger partial charge in [0, 0.05) is 12.6 Å². The normalized spacial score (nSPS) is 22.4. The van der Waals surface area contributed by atoms with E-state index in [-0.39, 0.29) is 6.04 Å². The van der Waals surface area contributed by atoms with Crippen LogP contribution in [0.25, 0.3) is 0 Å². The fourth-order valence-corrected chi connectivity index (χ4v) is 3.12. The van der Waals surface area contributed by atoms with Gasteiger partial charge in [-0.3, -0.25) is 4.55 Å². The third kappa shape index (κ3) is 2.61. The van der Waals surface area contributed by atoms with Gasteiger partial charge in [-0.2, -0.15) is 12.7 Å². The quantitative estimate of drug-likeness (QED) is 0.816. The standard InChI is InChI=1S/C11H15NO3S/c13-16(14,15)12-8-4-7-11(12)9-10-5-2-1-3-6-10/h1-3,5-6,11H,4,7-9H2,(H,13,14,15)/t11-/m1/s1. The zero-order chi connectivity index (χ0) is 11.6. The van der Waals surface area contributed by atoms with E-state index in [1.54, 1.807) is 0 Å². The maximum Gasteiger partial charge on any atom is 0.336 e. The molecule has 0 amide bonds. The number of benzene rings is 1. The highest BCUT2D eigenvalue weighted by Crippen LogP contribution is 2.23. The van der Waals surface area contributed by atoms with Gasteiger partial charge in [-0.25, -0.2) is 0 Å². The summed E-state index contributed by atoms with van der Waals surface area (Å²) in [5, 5.41) is 0. The molecule has 1 aromatic carbocycles. The monoisotopic (exact) mass is 241 g/mol. The van der Waals surface area contributed by atoms with Crippen molar-refractivity contribution >= 4 is 10.3 Å². The lowest BCUT2D eigenvalue weighted by Gasteiger charge is -2.20. The lowest BCUT2D eigenvalue weighted by atomic mass is 10.1. The first kappa shape index (κ1) is 11.6. The second-order valence-corrected chi connectivity index (χ2v) is 5.44. The second-order valence-electron chi connectivity index (χ2n) is 4.07. The Bertz CT molecular complexity index is 444. The molecule has 0 unspecified atom stereocenters. The molecule has 1 aromatic rings. The molecule has 1 heterocycles. The molecule has 88 valence electrons. The van der Waals surface area contributed by atoms with Gasteiger partial charge < -0.3 is 0 Å². The van der Waals surface area contributed by atoms with Gasteiger partial charge in [0.25, 0.3) is 0 Å². The molecule has 4 nitrogen and oxygen atoms in total. The van der Waals surface area contributed by atoms with E-state index in [9.17, 15) is 8.42 Å². The first-order chi connectivity index (χ1) is 7.57. The van der Waals surface area contributed by atoms with Gasteiger partial charge in [-0.1, -0.05) is 30.3 Å². The molecule has 2 rings (SSSR count). The van der Waals surface area contributed by atoms with Crippen LogP contribution in [0.3, 0.4) is 0 Å². The minimum atomic E-state index is -4.04. The summed E-state index contributed by atoms with van der Waals surface area (Å²) in [7, 11) is -4.04. The fourth-order valence-electron chi connectivity index (χ4n) is 2.20. The van der Waals surface area contributed by atoms with Gasteiger partial charge in [-0.05, 0) is 24.8 Å². The third-order valence-corrected chi connectivity index (χ3v) is 4.01. The van der Waals surface area contributed by atoms with Crippen LogP contribution in [-0.4, -0.2) is 29.9 Å². The highest BCUT2D eigenvalue weighted by Gasteiger charge is 2.32. The van der Waals surface area contributed by atoms with E-state index in [4.69, 9.17) is 4.55 Å². The highest BCUT2D eigenvalue weighted by atomic mass is 32.2. The summed E-state index contributed by atoms with van der Waals surface area (Å²) in [6.07, 6.45) is 2.30. The van der Waals surface area contributed by atoms with Crippen LogP contribution in [0.2, 0.25) is 0 Å². The summed E-state index contributed by atoms with van der Waals surface area (Å²) in [4.78, 5) is 0. The minimum absolute atomic E-state index is 0.0996. The van der Waals surface area contributed by atoms with Crippen LogP contribution in [0.1, 0.15) is 18.4 Å². The van der Waals surface area contributed by atoms with Crippen molar-refractivity contribution in [2.45, 2.75) is 25.3 Å². The molecule has 1 N–H and O–H groups in total. The Labute approximate surface area is 95.8 Å². The molecule has 5 heteroatoms. The van der Waals surface area contributed by atoms with E-state index in [1.165, 1.54) is 4.31 Å². The van der Waals surface area contributed by atoms with Crippen molar-refractivity contribution in [1.82, 2.24) is 4.31 Å². The maximum absolute atomic E-state index is 11.1. The zero-order valence-electron chi connectivity index (χ0n) is 8.91. The molecule has 1 fully saturated rings. The van der Waals surface area contributed by atoms with E-state index in [0.717, 1.165) is 18.4 Å². The SMILES string of the molecule is O=S(=O)(O)N1CCC[C@@H]1Cc1ccccc1. The third-order valence-electron chi connectivity index (χ3n) is 2.93. The number of hydrogen-bond acceptors (Lipinski definition) is 2. The highest BCUT2D eigenvalue weighted by molar-refractivity contribution is 7.83. The summed E-state index contributed by atoms with van der Waals surface area (Å²) in [6.45, 7) is 0.427. The Kier molecular flexibility index (Phi) is 3.28. The molecule has 1 saturated heterocycles. The molecule has 0 aromatic heterocycles. The Hall–Kier alpha value is -0.910. The van der Waals surface area contributed by atoms with Crippen LogP contribution in [0, 0.1) is 0 Å². The summed E-state index contributed by atoms with van der Waals surface area (Å²) in [5.41, 5.74) is 1.10. The lowest BCUT2D eigenvalue weighted by molar-refractivity contribution is 0.334. The molecule has 0 spiro atoms. The topological polar surface area (TPSA) is 57.6 Å². The smallest absolute Gasteiger partial charge is 0.273 e. The van der Waals surface area contributed by atoms with Gasteiger partial charge in [-0.15, -0.1) is 0 Å².